The minimum atomic E-state index is -3.47. The molecular formula is C16H24N2O3S. The molecule has 5 nitrogen and oxygen atoms in total. The Labute approximate surface area is 132 Å². The fraction of sp³-hybridized carbons (Fsp3) is 0.562. The molecule has 1 aromatic carbocycles. The summed E-state index contributed by atoms with van der Waals surface area (Å²) in [6.07, 6.45) is 4.53. The highest BCUT2D eigenvalue weighted by atomic mass is 32.2. The quantitative estimate of drug-likeness (QED) is 0.872. The third-order valence-corrected chi connectivity index (χ3v) is 5.75. The molecule has 0 aromatic heterocycles. The van der Waals surface area contributed by atoms with Crippen molar-refractivity contribution in [3.63, 3.8) is 0 Å². The first-order chi connectivity index (χ1) is 10.4. The van der Waals surface area contributed by atoms with Gasteiger partial charge in [0.2, 0.25) is 10.0 Å². The standard InChI is InChI=1S/C16H24N2O3S/c1-3-17-22(20,21)14-10-8-13(9-11-14)16(19)18-15-7-5-4-6-12(15)2/h8-12,15,17H,3-7H2,1-2H3,(H,18,19)/t12-,15-/m0/s1. The first-order valence-corrected chi connectivity index (χ1v) is 9.33. The Morgan fingerprint density at radius 1 is 1.18 bits per heavy atom. The van der Waals surface area contributed by atoms with Crippen LogP contribution in [-0.2, 0) is 10.0 Å². The summed E-state index contributed by atoms with van der Waals surface area (Å²) in [5.74, 6) is 0.359. The molecule has 1 amide bonds. The van der Waals surface area contributed by atoms with Gasteiger partial charge in [0, 0.05) is 18.2 Å². The van der Waals surface area contributed by atoms with Crippen LogP contribution in [0.25, 0.3) is 0 Å². The van der Waals surface area contributed by atoms with E-state index in [1.54, 1.807) is 19.1 Å². The first-order valence-electron chi connectivity index (χ1n) is 7.84. The molecule has 0 saturated heterocycles. The van der Waals surface area contributed by atoms with Gasteiger partial charge in [0.25, 0.3) is 5.91 Å². The fourth-order valence-electron chi connectivity index (χ4n) is 2.84. The van der Waals surface area contributed by atoms with Gasteiger partial charge in [-0.15, -0.1) is 0 Å². The Hall–Kier alpha value is -1.40. The Morgan fingerprint density at radius 2 is 1.82 bits per heavy atom. The molecule has 2 rings (SSSR count). The van der Waals surface area contributed by atoms with Crippen LogP contribution in [-0.4, -0.2) is 26.9 Å². The van der Waals surface area contributed by atoms with Crippen LogP contribution >= 0.6 is 0 Å². The lowest BCUT2D eigenvalue weighted by atomic mass is 9.86. The van der Waals surface area contributed by atoms with E-state index in [0.29, 0.717) is 18.0 Å². The van der Waals surface area contributed by atoms with E-state index in [-0.39, 0.29) is 16.8 Å². The molecule has 2 atom stereocenters. The van der Waals surface area contributed by atoms with Gasteiger partial charge in [-0.2, -0.15) is 0 Å². The maximum atomic E-state index is 12.3. The lowest BCUT2D eigenvalue weighted by Gasteiger charge is -2.29. The molecule has 6 heteroatoms. The number of rotatable bonds is 5. The molecular weight excluding hydrogens is 300 g/mol. The Kier molecular flexibility index (Phi) is 5.58. The predicted octanol–water partition coefficient (Wildman–Crippen LogP) is 2.29. The maximum Gasteiger partial charge on any atom is 0.251 e. The van der Waals surface area contributed by atoms with Crippen LogP contribution in [0.15, 0.2) is 29.2 Å². The van der Waals surface area contributed by atoms with E-state index in [4.69, 9.17) is 0 Å². The minimum absolute atomic E-state index is 0.133. The van der Waals surface area contributed by atoms with Crippen molar-refractivity contribution < 1.29 is 13.2 Å². The van der Waals surface area contributed by atoms with E-state index < -0.39 is 10.0 Å². The predicted molar refractivity (Wildman–Crippen MR) is 86.2 cm³/mol. The summed E-state index contributed by atoms with van der Waals surface area (Å²) in [5.41, 5.74) is 0.494. The monoisotopic (exact) mass is 324 g/mol. The molecule has 1 aromatic rings. The average Bonchev–Trinajstić information content (AvgIpc) is 2.49. The summed E-state index contributed by atoms with van der Waals surface area (Å²) in [4.78, 5) is 12.4. The van der Waals surface area contributed by atoms with Crippen molar-refractivity contribution >= 4 is 15.9 Å². The van der Waals surface area contributed by atoms with E-state index in [1.165, 1.54) is 18.6 Å². The van der Waals surface area contributed by atoms with Crippen LogP contribution in [0.4, 0.5) is 0 Å². The molecule has 0 radical (unpaired) electrons. The highest BCUT2D eigenvalue weighted by Gasteiger charge is 2.23. The number of benzene rings is 1. The molecule has 1 aliphatic carbocycles. The number of carbonyl (C=O) groups excluding carboxylic acids is 1. The lowest BCUT2D eigenvalue weighted by Crippen LogP contribution is -2.41. The van der Waals surface area contributed by atoms with Crippen molar-refractivity contribution in [1.29, 1.82) is 0 Å². The second-order valence-corrected chi connectivity index (χ2v) is 7.63. The summed E-state index contributed by atoms with van der Waals surface area (Å²) in [6, 6.07) is 6.28. The molecule has 0 aliphatic heterocycles. The van der Waals surface area contributed by atoms with Gasteiger partial charge >= 0.3 is 0 Å². The number of carbonyl (C=O) groups is 1. The smallest absolute Gasteiger partial charge is 0.251 e. The summed E-state index contributed by atoms with van der Waals surface area (Å²) in [6.45, 7) is 4.23. The van der Waals surface area contributed by atoms with Gasteiger partial charge < -0.3 is 5.32 Å². The highest BCUT2D eigenvalue weighted by molar-refractivity contribution is 7.89. The zero-order valence-corrected chi connectivity index (χ0v) is 13.9. The van der Waals surface area contributed by atoms with E-state index in [0.717, 1.165) is 19.3 Å². The van der Waals surface area contributed by atoms with Crippen LogP contribution < -0.4 is 10.0 Å². The molecule has 1 aliphatic rings. The van der Waals surface area contributed by atoms with Gasteiger partial charge in [-0.25, -0.2) is 13.1 Å². The molecule has 1 saturated carbocycles. The highest BCUT2D eigenvalue weighted by Crippen LogP contribution is 2.24. The SMILES string of the molecule is CCNS(=O)(=O)c1ccc(C(=O)N[C@H]2CCCC[C@@H]2C)cc1. The van der Waals surface area contributed by atoms with Gasteiger partial charge in [-0.1, -0.05) is 26.7 Å². The van der Waals surface area contributed by atoms with Crippen molar-refractivity contribution in [2.45, 2.75) is 50.5 Å². The van der Waals surface area contributed by atoms with E-state index in [9.17, 15) is 13.2 Å². The minimum Gasteiger partial charge on any atom is -0.349 e. The largest absolute Gasteiger partial charge is 0.349 e. The van der Waals surface area contributed by atoms with Gasteiger partial charge in [-0.3, -0.25) is 4.79 Å². The van der Waals surface area contributed by atoms with Gasteiger partial charge in [0.1, 0.15) is 0 Å². The maximum absolute atomic E-state index is 12.3. The van der Waals surface area contributed by atoms with E-state index in [2.05, 4.69) is 17.0 Å². The van der Waals surface area contributed by atoms with Crippen LogP contribution in [0.5, 0.6) is 0 Å². The zero-order valence-electron chi connectivity index (χ0n) is 13.1. The van der Waals surface area contributed by atoms with E-state index >= 15 is 0 Å². The van der Waals surface area contributed by atoms with Crippen LogP contribution in [0.3, 0.4) is 0 Å². The third-order valence-electron chi connectivity index (χ3n) is 4.19. The molecule has 2 N–H and O–H groups in total. The molecule has 0 unspecified atom stereocenters. The summed E-state index contributed by atoms with van der Waals surface area (Å²) < 4.78 is 26.2. The summed E-state index contributed by atoms with van der Waals surface area (Å²) in [7, 11) is -3.47. The number of nitrogens with one attached hydrogen (secondary N) is 2. The summed E-state index contributed by atoms with van der Waals surface area (Å²) in [5, 5.41) is 3.06. The second-order valence-electron chi connectivity index (χ2n) is 5.87. The number of sulfonamides is 1. The van der Waals surface area contributed by atoms with Gasteiger partial charge in [0.05, 0.1) is 4.90 Å². The fourth-order valence-corrected chi connectivity index (χ4v) is 3.88. The number of amides is 1. The average molecular weight is 324 g/mol. The number of hydrogen-bond acceptors (Lipinski definition) is 3. The van der Waals surface area contributed by atoms with E-state index in [1.807, 2.05) is 0 Å². The van der Waals surface area contributed by atoms with Crippen molar-refractivity contribution in [1.82, 2.24) is 10.0 Å². The molecule has 22 heavy (non-hydrogen) atoms. The first kappa shape index (κ1) is 17.0. The van der Waals surface area contributed by atoms with Crippen molar-refractivity contribution in [3.8, 4) is 0 Å². The Bertz CT molecular complexity index is 611. The van der Waals surface area contributed by atoms with Gasteiger partial charge in [0.15, 0.2) is 0 Å². The molecule has 122 valence electrons. The molecule has 0 bridgehead atoms. The second kappa shape index (κ2) is 7.24. The van der Waals surface area contributed by atoms with Crippen molar-refractivity contribution in [3.05, 3.63) is 29.8 Å². The van der Waals surface area contributed by atoms with Crippen molar-refractivity contribution in [2.24, 2.45) is 5.92 Å². The Balaban J connectivity index is 2.05. The Morgan fingerprint density at radius 3 is 2.41 bits per heavy atom. The molecule has 0 spiro atoms. The topological polar surface area (TPSA) is 75.3 Å². The van der Waals surface area contributed by atoms with Crippen molar-refractivity contribution in [2.75, 3.05) is 6.54 Å². The molecule has 1 fully saturated rings. The molecule has 0 heterocycles. The summed E-state index contributed by atoms with van der Waals surface area (Å²) >= 11 is 0. The van der Waals surface area contributed by atoms with Crippen LogP contribution in [0.2, 0.25) is 0 Å². The van der Waals surface area contributed by atoms with Crippen LogP contribution in [0, 0.1) is 5.92 Å². The van der Waals surface area contributed by atoms with Gasteiger partial charge in [-0.05, 0) is 43.0 Å². The lowest BCUT2D eigenvalue weighted by molar-refractivity contribution is 0.0910. The zero-order chi connectivity index (χ0) is 16.2. The number of hydrogen-bond donors (Lipinski definition) is 2. The normalized spacial score (nSPS) is 22.3. The van der Waals surface area contributed by atoms with Crippen LogP contribution in [0.1, 0.15) is 49.9 Å². The third kappa shape index (κ3) is 4.08.